The average Bonchev–Trinajstić information content (AvgIpc) is 2.44. The average molecular weight is 375 g/mol. The molecule has 0 radical (unpaired) electrons. The molecule has 0 spiro atoms. The maximum Gasteiger partial charge on any atom is 0.143 e. The SMILES string of the molecule is CNC(Cc1c(F)ccc(Br)c1F)c1ccc(Cl)cc1C. The van der Waals surface area contributed by atoms with Crippen molar-refractivity contribution in [2.45, 2.75) is 19.4 Å². The van der Waals surface area contributed by atoms with E-state index in [9.17, 15) is 8.78 Å². The summed E-state index contributed by atoms with van der Waals surface area (Å²) in [6, 6.07) is 7.95. The Hall–Kier alpha value is -0.970. The zero-order valence-corrected chi connectivity index (χ0v) is 14.0. The second-order valence-electron chi connectivity index (χ2n) is 4.87. The van der Waals surface area contributed by atoms with Crippen molar-refractivity contribution in [3.8, 4) is 0 Å². The molecule has 0 bridgehead atoms. The first kappa shape index (κ1) is 16.4. The van der Waals surface area contributed by atoms with Crippen molar-refractivity contribution in [2.24, 2.45) is 0 Å². The number of hydrogen-bond acceptors (Lipinski definition) is 1. The third kappa shape index (κ3) is 3.62. The fourth-order valence-electron chi connectivity index (χ4n) is 2.36. The van der Waals surface area contributed by atoms with Crippen LogP contribution in [0, 0.1) is 18.6 Å². The van der Waals surface area contributed by atoms with E-state index in [0.29, 0.717) is 5.02 Å². The molecule has 2 aromatic carbocycles. The van der Waals surface area contributed by atoms with E-state index in [2.05, 4.69) is 21.2 Å². The van der Waals surface area contributed by atoms with E-state index in [0.717, 1.165) is 11.1 Å². The van der Waals surface area contributed by atoms with E-state index in [4.69, 9.17) is 11.6 Å². The highest BCUT2D eigenvalue weighted by Gasteiger charge is 2.19. The Bertz CT molecular complexity index is 661. The molecule has 1 unspecified atom stereocenters. The summed E-state index contributed by atoms with van der Waals surface area (Å²) < 4.78 is 28.3. The van der Waals surface area contributed by atoms with E-state index >= 15 is 0 Å². The fourth-order valence-corrected chi connectivity index (χ4v) is 2.96. The van der Waals surface area contributed by atoms with Gasteiger partial charge in [0.1, 0.15) is 11.6 Å². The largest absolute Gasteiger partial charge is 0.313 e. The molecule has 2 rings (SSSR count). The number of benzene rings is 2. The summed E-state index contributed by atoms with van der Waals surface area (Å²) in [5.41, 5.74) is 2.02. The predicted octanol–water partition coefficient (Wildman–Crippen LogP) is 5.19. The van der Waals surface area contributed by atoms with Crippen LogP contribution in [0.25, 0.3) is 0 Å². The predicted molar refractivity (Wildman–Crippen MR) is 85.8 cm³/mol. The van der Waals surface area contributed by atoms with Crippen LogP contribution in [0.4, 0.5) is 8.78 Å². The number of hydrogen-bond donors (Lipinski definition) is 1. The summed E-state index contributed by atoms with van der Waals surface area (Å²) >= 11 is 9.04. The molecule has 21 heavy (non-hydrogen) atoms. The van der Waals surface area contributed by atoms with Crippen LogP contribution in [-0.4, -0.2) is 7.05 Å². The van der Waals surface area contributed by atoms with Crippen molar-refractivity contribution >= 4 is 27.5 Å². The monoisotopic (exact) mass is 373 g/mol. The van der Waals surface area contributed by atoms with Crippen molar-refractivity contribution in [3.63, 3.8) is 0 Å². The molecule has 0 aliphatic heterocycles. The van der Waals surface area contributed by atoms with Crippen molar-refractivity contribution in [2.75, 3.05) is 7.05 Å². The Morgan fingerprint density at radius 1 is 1.24 bits per heavy atom. The van der Waals surface area contributed by atoms with Crippen LogP contribution in [0.1, 0.15) is 22.7 Å². The molecule has 0 amide bonds. The maximum absolute atomic E-state index is 14.1. The van der Waals surface area contributed by atoms with E-state index in [-0.39, 0.29) is 22.5 Å². The summed E-state index contributed by atoms with van der Waals surface area (Å²) in [7, 11) is 1.77. The molecule has 1 nitrogen and oxygen atoms in total. The van der Waals surface area contributed by atoms with Crippen LogP contribution in [0.5, 0.6) is 0 Å². The Kier molecular flexibility index (Phi) is 5.36. The molecular formula is C16H15BrClF2N. The summed E-state index contributed by atoms with van der Waals surface area (Å²) in [6.45, 7) is 1.93. The summed E-state index contributed by atoms with van der Waals surface area (Å²) in [6.07, 6.45) is 0.218. The number of halogens is 4. The summed E-state index contributed by atoms with van der Waals surface area (Å²) in [5.74, 6) is -1.09. The highest BCUT2D eigenvalue weighted by molar-refractivity contribution is 9.10. The van der Waals surface area contributed by atoms with Gasteiger partial charge in [-0.25, -0.2) is 8.78 Å². The van der Waals surface area contributed by atoms with Gasteiger partial charge in [-0.15, -0.1) is 0 Å². The number of likely N-dealkylation sites (N-methyl/N-ethyl adjacent to an activating group) is 1. The van der Waals surface area contributed by atoms with Crippen LogP contribution in [0.3, 0.4) is 0 Å². The number of nitrogens with one attached hydrogen (secondary N) is 1. The van der Waals surface area contributed by atoms with Gasteiger partial charge < -0.3 is 5.32 Å². The van der Waals surface area contributed by atoms with Gasteiger partial charge in [0.05, 0.1) is 4.47 Å². The lowest BCUT2D eigenvalue weighted by atomic mass is 9.95. The Balaban J connectivity index is 2.38. The van der Waals surface area contributed by atoms with Gasteiger partial charge in [0.25, 0.3) is 0 Å². The number of aryl methyl sites for hydroxylation is 1. The smallest absolute Gasteiger partial charge is 0.143 e. The zero-order chi connectivity index (χ0) is 15.6. The van der Waals surface area contributed by atoms with Crippen LogP contribution in [0.2, 0.25) is 5.02 Å². The molecule has 1 atom stereocenters. The second kappa shape index (κ2) is 6.86. The minimum absolute atomic E-state index is 0.0677. The molecule has 112 valence electrons. The molecule has 2 aromatic rings. The van der Waals surface area contributed by atoms with Crippen molar-refractivity contribution in [1.82, 2.24) is 5.32 Å². The lowest BCUT2D eigenvalue weighted by Gasteiger charge is -2.20. The minimum Gasteiger partial charge on any atom is -0.313 e. The van der Waals surface area contributed by atoms with Crippen LogP contribution in [0.15, 0.2) is 34.8 Å². The molecule has 0 aliphatic rings. The van der Waals surface area contributed by atoms with E-state index < -0.39 is 11.6 Å². The van der Waals surface area contributed by atoms with E-state index in [1.54, 1.807) is 13.1 Å². The van der Waals surface area contributed by atoms with Gasteiger partial charge in [-0.1, -0.05) is 17.7 Å². The van der Waals surface area contributed by atoms with Crippen molar-refractivity contribution < 1.29 is 8.78 Å². The van der Waals surface area contributed by atoms with Gasteiger partial charge in [0, 0.05) is 16.6 Å². The molecular weight excluding hydrogens is 360 g/mol. The zero-order valence-electron chi connectivity index (χ0n) is 11.7. The first-order chi connectivity index (χ1) is 9.93. The molecule has 1 N–H and O–H groups in total. The van der Waals surface area contributed by atoms with Crippen molar-refractivity contribution in [3.05, 3.63) is 68.2 Å². The fraction of sp³-hybridized carbons (Fsp3) is 0.250. The molecule has 0 fully saturated rings. The van der Waals surface area contributed by atoms with Crippen LogP contribution < -0.4 is 5.32 Å². The minimum atomic E-state index is -0.554. The first-order valence-corrected chi connectivity index (χ1v) is 7.66. The number of rotatable bonds is 4. The van der Waals surface area contributed by atoms with Gasteiger partial charge in [0.2, 0.25) is 0 Å². The van der Waals surface area contributed by atoms with Gasteiger partial charge >= 0.3 is 0 Å². The highest BCUT2D eigenvalue weighted by atomic mass is 79.9. The molecule has 0 saturated heterocycles. The quantitative estimate of drug-likeness (QED) is 0.726. The van der Waals surface area contributed by atoms with Gasteiger partial charge in [-0.2, -0.15) is 0 Å². The van der Waals surface area contributed by atoms with Gasteiger partial charge in [0.15, 0.2) is 0 Å². The maximum atomic E-state index is 14.1. The Labute approximate surface area is 136 Å². The third-order valence-electron chi connectivity index (χ3n) is 3.50. The molecule has 0 saturated carbocycles. The lowest BCUT2D eigenvalue weighted by molar-refractivity contribution is 0.511. The first-order valence-electron chi connectivity index (χ1n) is 6.49. The lowest BCUT2D eigenvalue weighted by Crippen LogP contribution is -2.21. The summed E-state index contributed by atoms with van der Waals surface area (Å²) in [5, 5.41) is 3.75. The van der Waals surface area contributed by atoms with E-state index in [1.165, 1.54) is 12.1 Å². The van der Waals surface area contributed by atoms with Crippen LogP contribution >= 0.6 is 27.5 Å². The molecule has 5 heteroatoms. The normalized spacial score (nSPS) is 12.5. The van der Waals surface area contributed by atoms with Crippen LogP contribution in [-0.2, 0) is 6.42 Å². The van der Waals surface area contributed by atoms with Crippen molar-refractivity contribution in [1.29, 1.82) is 0 Å². The highest BCUT2D eigenvalue weighted by Crippen LogP contribution is 2.28. The van der Waals surface area contributed by atoms with E-state index in [1.807, 2.05) is 19.1 Å². The van der Waals surface area contributed by atoms with Gasteiger partial charge in [-0.05, 0) is 71.7 Å². The topological polar surface area (TPSA) is 12.0 Å². The third-order valence-corrected chi connectivity index (χ3v) is 4.35. The Morgan fingerprint density at radius 3 is 2.57 bits per heavy atom. The summed E-state index contributed by atoms with van der Waals surface area (Å²) in [4.78, 5) is 0. The van der Waals surface area contributed by atoms with Gasteiger partial charge in [-0.3, -0.25) is 0 Å². The standard InChI is InChI=1S/C16H15BrClF2N/c1-9-7-10(18)3-4-11(9)15(21-2)8-12-14(19)6-5-13(17)16(12)20/h3-7,15,21H,8H2,1-2H3. The molecule has 0 aliphatic carbocycles. The second-order valence-corrected chi connectivity index (χ2v) is 6.16. The Morgan fingerprint density at radius 2 is 1.95 bits per heavy atom. The molecule has 0 aromatic heterocycles. The molecule has 0 heterocycles.